The summed E-state index contributed by atoms with van der Waals surface area (Å²) in [5.74, 6) is 1.85. The number of hydrogen-bond donors (Lipinski definition) is 1. The minimum Gasteiger partial charge on any atom is -0.457 e. The van der Waals surface area contributed by atoms with Gasteiger partial charge in [-0.3, -0.25) is 4.79 Å². The molecule has 3 aromatic rings. The van der Waals surface area contributed by atoms with E-state index in [1.54, 1.807) is 29.3 Å². The second-order valence-electron chi connectivity index (χ2n) is 6.77. The van der Waals surface area contributed by atoms with Gasteiger partial charge in [0.2, 0.25) is 0 Å². The lowest BCUT2D eigenvalue weighted by Crippen LogP contribution is -2.19. The van der Waals surface area contributed by atoms with Gasteiger partial charge >= 0.3 is 0 Å². The number of carbonyl (C=O) groups excluding carboxylic acids is 1. The van der Waals surface area contributed by atoms with Crippen molar-refractivity contribution in [2.75, 3.05) is 5.32 Å². The maximum absolute atomic E-state index is 12.3. The quantitative estimate of drug-likeness (QED) is 0.721. The SMILES string of the molecule is O=C(Nc1ccc(Oc2ccnc(-n3cncn3)c2)cc1)C1=CC(=C2C=CC2)C1. The normalized spacial score (nSPS) is 17.2. The van der Waals surface area contributed by atoms with E-state index in [1.165, 1.54) is 17.5 Å². The van der Waals surface area contributed by atoms with E-state index in [4.69, 9.17) is 4.74 Å². The molecular weight excluding hydrogens is 366 g/mol. The molecule has 1 amide bonds. The predicted molar refractivity (Wildman–Crippen MR) is 108 cm³/mol. The van der Waals surface area contributed by atoms with Crippen LogP contribution in [0.25, 0.3) is 5.82 Å². The molecule has 0 aliphatic heterocycles. The lowest BCUT2D eigenvalue weighted by Gasteiger charge is -2.22. The van der Waals surface area contributed by atoms with Crippen molar-refractivity contribution in [2.45, 2.75) is 12.8 Å². The number of nitrogens with zero attached hydrogens (tertiary/aromatic N) is 4. The summed E-state index contributed by atoms with van der Waals surface area (Å²) in [6, 6.07) is 10.8. The number of anilines is 1. The van der Waals surface area contributed by atoms with Crippen LogP contribution < -0.4 is 10.1 Å². The summed E-state index contributed by atoms with van der Waals surface area (Å²) in [4.78, 5) is 20.5. The third kappa shape index (κ3) is 3.58. The van der Waals surface area contributed by atoms with Gasteiger partial charge in [0.1, 0.15) is 24.2 Å². The van der Waals surface area contributed by atoms with E-state index in [1.807, 2.05) is 30.3 Å². The lowest BCUT2D eigenvalue weighted by molar-refractivity contribution is -0.113. The molecule has 29 heavy (non-hydrogen) atoms. The number of rotatable bonds is 5. The Kier molecular flexibility index (Phi) is 4.25. The van der Waals surface area contributed by atoms with Crippen LogP contribution in [0.1, 0.15) is 12.8 Å². The summed E-state index contributed by atoms with van der Waals surface area (Å²) < 4.78 is 7.44. The van der Waals surface area contributed by atoms with Gasteiger partial charge in [0, 0.05) is 29.9 Å². The number of nitrogens with one attached hydrogen (secondary N) is 1. The molecule has 0 fully saturated rings. The van der Waals surface area contributed by atoms with E-state index in [0.717, 1.165) is 24.1 Å². The number of pyridine rings is 1. The van der Waals surface area contributed by atoms with Gasteiger partial charge in [-0.05, 0) is 54.0 Å². The predicted octanol–water partition coefficient (Wildman–Crippen LogP) is 3.98. The summed E-state index contributed by atoms with van der Waals surface area (Å²) >= 11 is 0. The molecule has 7 heteroatoms. The average molecular weight is 383 g/mol. The fraction of sp³-hybridized carbons (Fsp3) is 0.0909. The van der Waals surface area contributed by atoms with Crippen LogP contribution >= 0.6 is 0 Å². The first-order valence-electron chi connectivity index (χ1n) is 9.24. The monoisotopic (exact) mass is 383 g/mol. The van der Waals surface area contributed by atoms with Crippen LogP contribution in [0.2, 0.25) is 0 Å². The summed E-state index contributed by atoms with van der Waals surface area (Å²) in [5, 5.41) is 6.98. The molecule has 2 aliphatic carbocycles. The van der Waals surface area contributed by atoms with Crippen molar-refractivity contribution in [1.29, 1.82) is 0 Å². The van der Waals surface area contributed by atoms with Crippen molar-refractivity contribution in [1.82, 2.24) is 19.7 Å². The van der Waals surface area contributed by atoms with Gasteiger partial charge in [0.25, 0.3) is 5.91 Å². The molecule has 0 spiro atoms. The number of benzene rings is 1. The Morgan fingerprint density at radius 2 is 1.93 bits per heavy atom. The highest BCUT2D eigenvalue weighted by atomic mass is 16.5. The molecular formula is C22H17N5O2. The molecule has 0 saturated carbocycles. The zero-order chi connectivity index (χ0) is 19.6. The van der Waals surface area contributed by atoms with Gasteiger partial charge in [-0.2, -0.15) is 5.10 Å². The molecule has 0 bridgehead atoms. The number of aromatic nitrogens is 4. The summed E-state index contributed by atoms with van der Waals surface area (Å²) in [6.07, 6.45) is 12.6. The summed E-state index contributed by atoms with van der Waals surface area (Å²) in [7, 11) is 0. The van der Waals surface area contributed by atoms with Crippen LogP contribution in [-0.2, 0) is 4.79 Å². The Hall–Kier alpha value is -4.00. The van der Waals surface area contributed by atoms with Crippen LogP contribution in [0.5, 0.6) is 11.5 Å². The Morgan fingerprint density at radius 1 is 1.10 bits per heavy atom. The molecule has 2 heterocycles. The van der Waals surface area contributed by atoms with Crippen molar-refractivity contribution < 1.29 is 9.53 Å². The van der Waals surface area contributed by atoms with E-state index in [0.29, 0.717) is 17.3 Å². The van der Waals surface area contributed by atoms with E-state index in [-0.39, 0.29) is 5.91 Å². The largest absolute Gasteiger partial charge is 0.457 e. The second kappa shape index (κ2) is 7.20. The molecule has 2 aromatic heterocycles. The van der Waals surface area contributed by atoms with E-state index in [9.17, 15) is 4.79 Å². The zero-order valence-electron chi connectivity index (χ0n) is 15.4. The molecule has 5 rings (SSSR count). The standard InChI is InChI=1S/C22H17N5O2/c28-22(17-10-16(11-17)15-2-1-3-15)26-18-4-6-19(7-5-18)29-20-8-9-24-21(12-20)27-14-23-13-25-27/h1-2,4-10,12-14H,3,11H2,(H,26,28). The third-order valence-corrected chi connectivity index (χ3v) is 4.81. The van der Waals surface area contributed by atoms with E-state index in [2.05, 4.69) is 32.5 Å². The molecule has 7 nitrogen and oxygen atoms in total. The third-order valence-electron chi connectivity index (χ3n) is 4.81. The first kappa shape index (κ1) is 17.1. The minimum atomic E-state index is -0.0575. The van der Waals surface area contributed by atoms with Crippen molar-refractivity contribution in [3.63, 3.8) is 0 Å². The highest BCUT2D eigenvalue weighted by molar-refractivity contribution is 6.06. The van der Waals surface area contributed by atoms with E-state index >= 15 is 0 Å². The highest BCUT2D eigenvalue weighted by Gasteiger charge is 2.22. The fourth-order valence-electron chi connectivity index (χ4n) is 3.08. The number of ether oxygens (including phenoxy) is 1. The lowest BCUT2D eigenvalue weighted by atomic mass is 9.84. The molecule has 1 aromatic carbocycles. The highest BCUT2D eigenvalue weighted by Crippen LogP contribution is 2.34. The van der Waals surface area contributed by atoms with Gasteiger partial charge < -0.3 is 10.1 Å². The van der Waals surface area contributed by atoms with Gasteiger partial charge in [-0.25, -0.2) is 14.6 Å². The van der Waals surface area contributed by atoms with Crippen molar-refractivity contribution >= 4 is 11.6 Å². The first-order chi connectivity index (χ1) is 14.2. The second-order valence-corrected chi connectivity index (χ2v) is 6.77. The Bertz CT molecular complexity index is 1160. The van der Waals surface area contributed by atoms with Crippen LogP contribution in [0.3, 0.4) is 0 Å². The number of carbonyl (C=O) groups is 1. The maximum atomic E-state index is 12.3. The summed E-state index contributed by atoms with van der Waals surface area (Å²) in [6.45, 7) is 0. The average Bonchev–Trinajstić information content (AvgIpc) is 3.19. The van der Waals surface area contributed by atoms with Crippen LogP contribution in [0.4, 0.5) is 5.69 Å². The number of allylic oxidation sites excluding steroid dienone is 5. The fourth-order valence-corrected chi connectivity index (χ4v) is 3.08. The van der Waals surface area contributed by atoms with Crippen molar-refractivity contribution in [3.8, 4) is 17.3 Å². The smallest absolute Gasteiger partial charge is 0.251 e. The number of hydrogen-bond acceptors (Lipinski definition) is 5. The Balaban J connectivity index is 1.22. The van der Waals surface area contributed by atoms with Crippen LogP contribution in [0, 0.1) is 0 Å². The van der Waals surface area contributed by atoms with Crippen LogP contribution in [-0.4, -0.2) is 25.7 Å². The number of amides is 1. The molecule has 0 unspecified atom stereocenters. The molecule has 142 valence electrons. The molecule has 1 N–H and O–H groups in total. The molecule has 2 aliphatic rings. The zero-order valence-corrected chi connectivity index (χ0v) is 15.4. The topological polar surface area (TPSA) is 81.9 Å². The van der Waals surface area contributed by atoms with Gasteiger partial charge in [-0.1, -0.05) is 12.2 Å². The molecule has 0 atom stereocenters. The Morgan fingerprint density at radius 3 is 2.62 bits per heavy atom. The maximum Gasteiger partial charge on any atom is 0.251 e. The Labute approximate surface area is 167 Å². The minimum absolute atomic E-state index is 0.0575. The van der Waals surface area contributed by atoms with Crippen LogP contribution in [0.15, 0.2) is 90.2 Å². The van der Waals surface area contributed by atoms with Gasteiger partial charge in [0.15, 0.2) is 5.82 Å². The first-order valence-corrected chi connectivity index (χ1v) is 9.24. The van der Waals surface area contributed by atoms with Gasteiger partial charge in [0.05, 0.1) is 0 Å². The molecule has 0 saturated heterocycles. The summed E-state index contributed by atoms with van der Waals surface area (Å²) in [5.41, 5.74) is 4.15. The molecule has 0 radical (unpaired) electrons. The van der Waals surface area contributed by atoms with Crippen molar-refractivity contribution in [3.05, 3.63) is 90.2 Å². The van der Waals surface area contributed by atoms with E-state index < -0.39 is 0 Å². The van der Waals surface area contributed by atoms with Crippen molar-refractivity contribution in [2.24, 2.45) is 0 Å². The van der Waals surface area contributed by atoms with Gasteiger partial charge in [-0.15, -0.1) is 0 Å².